The van der Waals surface area contributed by atoms with E-state index in [1.54, 1.807) is 6.08 Å². The molecule has 15 heavy (non-hydrogen) atoms. The second kappa shape index (κ2) is 5.91. The normalized spacial score (nSPS) is 17.2. The standard InChI is InChI=1S/C12H22N2O/c1-3-7-14(8-4-2)12(15)9-11(13)10-5-6-10/h3,10-11H,1,4-9,13H2,2H3. The van der Waals surface area contributed by atoms with Crippen molar-refractivity contribution in [3.8, 4) is 0 Å². The van der Waals surface area contributed by atoms with Crippen molar-refractivity contribution in [2.45, 2.75) is 38.6 Å². The zero-order chi connectivity index (χ0) is 11.3. The third kappa shape index (κ3) is 4.04. The van der Waals surface area contributed by atoms with E-state index in [1.807, 2.05) is 4.90 Å². The van der Waals surface area contributed by atoms with Crippen molar-refractivity contribution in [2.75, 3.05) is 13.1 Å². The number of amides is 1. The van der Waals surface area contributed by atoms with Gasteiger partial charge in [-0.15, -0.1) is 6.58 Å². The minimum Gasteiger partial charge on any atom is -0.339 e. The molecule has 1 unspecified atom stereocenters. The Labute approximate surface area is 92.3 Å². The highest BCUT2D eigenvalue weighted by Crippen LogP contribution is 2.32. The number of nitrogens with zero attached hydrogens (tertiary/aromatic N) is 1. The Morgan fingerprint density at radius 2 is 2.33 bits per heavy atom. The maximum atomic E-state index is 11.9. The maximum absolute atomic E-state index is 11.9. The molecule has 3 nitrogen and oxygen atoms in total. The topological polar surface area (TPSA) is 46.3 Å². The Hall–Kier alpha value is -0.830. The lowest BCUT2D eigenvalue weighted by Gasteiger charge is -2.22. The van der Waals surface area contributed by atoms with Crippen LogP contribution in [0.2, 0.25) is 0 Å². The van der Waals surface area contributed by atoms with Gasteiger partial charge in [-0.25, -0.2) is 0 Å². The molecular formula is C12H22N2O. The van der Waals surface area contributed by atoms with Gasteiger partial charge in [0.2, 0.25) is 5.91 Å². The van der Waals surface area contributed by atoms with Gasteiger partial charge in [-0.05, 0) is 25.2 Å². The van der Waals surface area contributed by atoms with Crippen molar-refractivity contribution in [3.63, 3.8) is 0 Å². The maximum Gasteiger partial charge on any atom is 0.224 e. The molecular weight excluding hydrogens is 188 g/mol. The SMILES string of the molecule is C=CCN(CCC)C(=O)CC(N)C1CC1. The molecule has 0 aromatic carbocycles. The highest BCUT2D eigenvalue weighted by molar-refractivity contribution is 5.77. The van der Waals surface area contributed by atoms with E-state index in [1.165, 1.54) is 12.8 Å². The summed E-state index contributed by atoms with van der Waals surface area (Å²) >= 11 is 0. The first-order valence-corrected chi connectivity index (χ1v) is 5.83. The average molecular weight is 210 g/mol. The van der Waals surface area contributed by atoms with Crippen LogP contribution in [-0.2, 0) is 4.79 Å². The van der Waals surface area contributed by atoms with Crippen molar-refractivity contribution in [3.05, 3.63) is 12.7 Å². The zero-order valence-corrected chi connectivity index (χ0v) is 9.61. The van der Waals surface area contributed by atoms with Crippen LogP contribution in [0.4, 0.5) is 0 Å². The van der Waals surface area contributed by atoms with Crippen LogP contribution in [0.3, 0.4) is 0 Å². The first-order valence-electron chi connectivity index (χ1n) is 5.83. The van der Waals surface area contributed by atoms with Gasteiger partial charge in [0.25, 0.3) is 0 Å². The largest absolute Gasteiger partial charge is 0.339 e. The predicted molar refractivity (Wildman–Crippen MR) is 62.4 cm³/mol. The molecule has 2 N–H and O–H groups in total. The van der Waals surface area contributed by atoms with Gasteiger partial charge in [0, 0.05) is 25.6 Å². The quantitative estimate of drug-likeness (QED) is 0.648. The molecule has 0 aliphatic heterocycles. The molecule has 1 aliphatic rings. The van der Waals surface area contributed by atoms with Crippen molar-refractivity contribution >= 4 is 5.91 Å². The van der Waals surface area contributed by atoms with Crippen LogP contribution in [0.1, 0.15) is 32.6 Å². The van der Waals surface area contributed by atoms with Crippen LogP contribution in [0, 0.1) is 5.92 Å². The average Bonchev–Trinajstić information content (AvgIpc) is 3.00. The molecule has 0 aromatic rings. The molecule has 1 atom stereocenters. The molecule has 0 heterocycles. The van der Waals surface area contributed by atoms with Crippen molar-refractivity contribution in [1.82, 2.24) is 4.90 Å². The number of carbonyl (C=O) groups excluding carboxylic acids is 1. The van der Waals surface area contributed by atoms with Crippen LogP contribution in [0.15, 0.2) is 12.7 Å². The van der Waals surface area contributed by atoms with Gasteiger partial charge in [0.05, 0.1) is 0 Å². The van der Waals surface area contributed by atoms with Crippen LogP contribution >= 0.6 is 0 Å². The molecule has 1 amide bonds. The fourth-order valence-corrected chi connectivity index (χ4v) is 1.77. The van der Waals surface area contributed by atoms with Crippen molar-refractivity contribution in [1.29, 1.82) is 0 Å². The van der Waals surface area contributed by atoms with E-state index in [0.717, 1.165) is 13.0 Å². The van der Waals surface area contributed by atoms with Crippen LogP contribution in [0.25, 0.3) is 0 Å². The minimum absolute atomic E-state index is 0.0710. The van der Waals surface area contributed by atoms with Gasteiger partial charge in [0.1, 0.15) is 0 Å². The van der Waals surface area contributed by atoms with E-state index in [2.05, 4.69) is 13.5 Å². The highest BCUT2D eigenvalue weighted by Gasteiger charge is 2.30. The molecule has 0 bridgehead atoms. The summed E-state index contributed by atoms with van der Waals surface area (Å²) in [5.41, 5.74) is 5.94. The zero-order valence-electron chi connectivity index (χ0n) is 9.61. The van der Waals surface area contributed by atoms with E-state index in [9.17, 15) is 4.79 Å². The molecule has 0 spiro atoms. The number of hydrogen-bond donors (Lipinski definition) is 1. The van der Waals surface area contributed by atoms with Crippen LogP contribution < -0.4 is 5.73 Å². The van der Waals surface area contributed by atoms with Crippen molar-refractivity contribution < 1.29 is 4.79 Å². The van der Waals surface area contributed by atoms with E-state index in [4.69, 9.17) is 5.73 Å². The molecule has 1 rings (SSSR count). The lowest BCUT2D eigenvalue weighted by atomic mass is 10.1. The number of rotatable bonds is 7. The molecule has 1 aliphatic carbocycles. The number of carbonyl (C=O) groups is 1. The molecule has 0 radical (unpaired) electrons. The predicted octanol–water partition coefficient (Wildman–Crippen LogP) is 1.54. The number of nitrogens with two attached hydrogens (primary N) is 1. The van der Waals surface area contributed by atoms with Gasteiger partial charge in [0.15, 0.2) is 0 Å². The van der Waals surface area contributed by atoms with Crippen LogP contribution in [-0.4, -0.2) is 29.9 Å². The summed E-state index contributed by atoms with van der Waals surface area (Å²) in [5.74, 6) is 0.775. The molecule has 0 aromatic heterocycles. The summed E-state index contributed by atoms with van der Waals surface area (Å²) in [4.78, 5) is 13.7. The van der Waals surface area contributed by atoms with Gasteiger partial charge in [-0.3, -0.25) is 4.79 Å². The lowest BCUT2D eigenvalue weighted by molar-refractivity contribution is -0.131. The molecule has 0 saturated heterocycles. The second-order valence-corrected chi connectivity index (χ2v) is 4.33. The Morgan fingerprint density at radius 1 is 1.67 bits per heavy atom. The molecule has 1 saturated carbocycles. The monoisotopic (exact) mass is 210 g/mol. The summed E-state index contributed by atoms with van der Waals surface area (Å²) in [6.07, 6.45) is 5.65. The highest BCUT2D eigenvalue weighted by atomic mass is 16.2. The fraction of sp³-hybridized carbons (Fsp3) is 0.750. The van der Waals surface area contributed by atoms with E-state index < -0.39 is 0 Å². The summed E-state index contributed by atoms with van der Waals surface area (Å²) < 4.78 is 0. The Bertz CT molecular complexity index is 224. The Balaban J connectivity index is 2.35. The van der Waals surface area contributed by atoms with Gasteiger partial charge in [-0.1, -0.05) is 13.0 Å². The second-order valence-electron chi connectivity index (χ2n) is 4.33. The summed E-state index contributed by atoms with van der Waals surface area (Å²) in [7, 11) is 0. The number of hydrogen-bond acceptors (Lipinski definition) is 2. The fourth-order valence-electron chi connectivity index (χ4n) is 1.77. The van der Waals surface area contributed by atoms with E-state index in [0.29, 0.717) is 18.9 Å². The third-order valence-electron chi connectivity index (χ3n) is 2.83. The molecule has 3 heteroatoms. The first kappa shape index (κ1) is 12.2. The van der Waals surface area contributed by atoms with Crippen LogP contribution in [0.5, 0.6) is 0 Å². The third-order valence-corrected chi connectivity index (χ3v) is 2.83. The minimum atomic E-state index is 0.0710. The Kier molecular flexibility index (Phi) is 4.82. The summed E-state index contributed by atoms with van der Waals surface area (Å²) in [6, 6.07) is 0.0710. The smallest absolute Gasteiger partial charge is 0.224 e. The van der Waals surface area contributed by atoms with Gasteiger partial charge in [-0.2, -0.15) is 0 Å². The van der Waals surface area contributed by atoms with E-state index in [-0.39, 0.29) is 11.9 Å². The van der Waals surface area contributed by atoms with Crippen molar-refractivity contribution in [2.24, 2.45) is 11.7 Å². The Morgan fingerprint density at radius 3 is 2.80 bits per heavy atom. The lowest BCUT2D eigenvalue weighted by Crippen LogP contribution is -2.37. The molecule has 1 fully saturated rings. The van der Waals surface area contributed by atoms with E-state index >= 15 is 0 Å². The van der Waals surface area contributed by atoms with Gasteiger partial charge < -0.3 is 10.6 Å². The first-order chi connectivity index (χ1) is 7.19. The molecule has 86 valence electrons. The summed E-state index contributed by atoms with van der Waals surface area (Å²) in [6.45, 7) is 7.19. The summed E-state index contributed by atoms with van der Waals surface area (Å²) in [5, 5.41) is 0. The van der Waals surface area contributed by atoms with Gasteiger partial charge >= 0.3 is 0 Å².